The number of hydrogen-bond donors (Lipinski definition) is 0. The molecule has 25 heavy (non-hydrogen) atoms. The van der Waals surface area contributed by atoms with E-state index in [4.69, 9.17) is 0 Å². The Morgan fingerprint density at radius 2 is 1.92 bits per heavy atom. The molecule has 2 heterocycles. The van der Waals surface area contributed by atoms with E-state index in [1.54, 1.807) is 47.9 Å². The fourth-order valence-electron chi connectivity index (χ4n) is 2.72. The van der Waals surface area contributed by atoms with Gasteiger partial charge in [0.1, 0.15) is 0 Å². The molecule has 128 valence electrons. The first-order valence-corrected chi connectivity index (χ1v) is 7.98. The first-order valence-electron chi connectivity index (χ1n) is 7.98. The molecule has 0 aliphatic carbocycles. The molecule has 3 rings (SSSR count). The number of aryl methyl sites for hydroxylation is 2. The van der Waals surface area contributed by atoms with Crippen LogP contribution in [-0.4, -0.2) is 38.0 Å². The summed E-state index contributed by atoms with van der Waals surface area (Å²) in [5.74, 6) is -1.05. The fraction of sp³-hybridized carbons (Fsp3) is 0.211. The first-order chi connectivity index (χ1) is 12.0. The summed E-state index contributed by atoms with van der Waals surface area (Å²) < 4.78 is 3.42. The molecule has 6 heteroatoms. The van der Waals surface area contributed by atoms with E-state index in [-0.39, 0.29) is 0 Å². The van der Waals surface area contributed by atoms with Crippen molar-refractivity contribution < 1.29 is 9.59 Å². The number of para-hydroxylation sites is 1. The van der Waals surface area contributed by atoms with Gasteiger partial charge in [0.2, 0.25) is 0 Å². The molecule has 0 aliphatic rings. The molecule has 0 bridgehead atoms. The molecule has 0 atom stereocenters. The number of rotatable bonds is 5. The predicted octanol–water partition coefficient (Wildman–Crippen LogP) is 2.36. The first kappa shape index (κ1) is 16.7. The van der Waals surface area contributed by atoms with Gasteiger partial charge in [0.15, 0.2) is 0 Å². The lowest BCUT2D eigenvalue weighted by Crippen LogP contribution is -2.33. The molecule has 0 saturated carbocycles. The zero-order valence-electron chi connectivity index (χ0n) is 14.5. The third-order valence-electron chi connectivity index (χ3n) is 4.14. The summed E-state index contributed by atoms with van der Waals surface area (Å²) >= 11 is 0. The number of hydrogen-bond acceptors (Lipinski definition) is 3. The van der Waals surface area contributed by atoms with Gasteiger partial charge >= 0.3 is 0 Å². The van der Waals surface area contributed by atoms with Crippen LogP contribution < -0.4 is 0 Å². The van der Waals surface area contributed by atoms with E-state index < -0.39 is 11.7 Å². The van der Waals surface area contributed by atoms with Gasteiger partial charge in [-0.1, -0.05) is 18.2 Å². The van der Waals surface area contributed by atoms with E-state index in [0.29, 0.717) is 12.2 Å². The van der Waals surface area contributed by atoms with Crippen LogP contribution in [0, 0.1) is 6.92 Å². The van der Waals surface area contributed by atoms with Crippen molar-refractivity contribution in [2.45, 2.75) is 13.5 Å². The highest BCUT2D eigenvalue weighted by atomic mass is 16.2. The zero-order chi connectivity index (χ0) is 18.0. The fourth-order valence-corrected chi connectivity index (χ4v) is 2.72. The van der Waals surface area contributed by atoms with Crippen LogP contribution in [0.5, 0.6) is 0 Å². The lowest BCUT2D eigenvalue weighted by Gasteiger charge is -2.15. The van der Waals surface area contributed by atoms with Crippen LogP contribution in [-0.2, 0) is 18.4 Å². The zero-order valence-corrected chi connectivity index (χ0v) is 14.5. The molecule has 0 radical (unpaired) electrons. The van der Waals surface area contributed by atoms with Gasteiger partial charge in [-0.05, 0) is 30.7 Å². The maximum atomic E-state index is 12.4. The van der Waals surface area contributed by atoms with Gasteiger partial charge in [-0.25, -0.2) is 4.68 Å². The standard InChI is InChI=1S/C19H20N4O2/c1-14-7-4-5-8-16(14)23-13-15(11-20-23)12-22(3)19(25)18(24)17-9-6-10-21(17)2/h4-11,13H,12H2,1-3H3. The molecule has 2 aromatic heterocycles. The minimum absolute atomic E-state index is 0.320. The van der Waals surface area contributed by atoms with E-state index in [2.05, 4.69) is 5.10 Å². The van der Waals surface area contributed by atoms with Crippen molar-refractivity contribution >= 4 is 11.7 Å². The Morgan fingerprint density at radius 3 is 2.60 bits per heavy atom. The van der Waals surface area contributed by atoms with Gasteiger partial charge < -0.3 is 9.47 Å². The molecule has 0 fully saturated rings. The average molecular weight is 336 g/mol. The molecule has 1 amide bonds. The number of amides is 1. The molecule has 3 aromatic rings. The summed E-state index contributed by atoms with van der Waals surface area (Å²) in [6.45, 7) is 2.34. The molecule has 0 saturated heterocycles. The Kier molecular flexibility index (Phi) is 4.52. The lowest BCUT2D eigenvalue weighted by atomic mass is 10.2. The van der Waals surface area contributed by atoms with Crippen LogP contribution >= 0.6 is 0 Å². The highest BCUT2D eigenvalue weighted by Gasteiger charge is 2.22. The largest absolute Gasteiger partial charge is 0.348 e. The van der Waals surface area contributed by atoms with Crippen molar-refractivity contribution in [2.75, 3.05) is 7.05 Å². The molecule has 6 nitrogen and oxygen atoms in total. The normalized spacial score (nSPS) is 10.7. The monoisotopic (exact) mass is 336 g/mol. The number of nitrogens with zero attached hydrogens (tertiary/aromatic N) is 4. The number of likely N-dealkylation sites (N-methyl/N-ethyl adjacent to an activating group) is 1. The van der Waals surface area contributed by atoms with Gasteiger partial charge in [-0.15, -0.1) is 0 Å². The number of carbonyl (C=O) groups is 2. The van der Waals surface area contributed by atoms with Crippen molar-refractivity contribution in [3.05, 3.63) is 71.8 Å². The Bertz CT molecular complexity index is 923. The van der Waals surface area contributed by atoms with Gasteiger partial charge in [0.05, 0.1) is 17.6 Å². The smallest absolute Gasteiger partial charge is 0.296 e. The van der Waals surface area contributed by atoms with Crippen LogP contribution in [0.15, 0.2) is 55.0 Å². The number of carbonyl (C=O) groups excluding carboxylic acids is 2. The van der Waals surface area contributed by atoms with E-state index in [1.165, 1.54) is 4.90 Å². The van der Waals surface area contributed by atoms with Gasteiger partial charge in [0.25, 0.3) is 11.7 Å². The Labute approximate surface area is 146 Å². The van der Waals surface area contributed by atoms with Crippen LogP contribution in [0.1, 0.15) is 21.6 Å². The van der Waals surface area contributed by atoms with Crippen molar-refractivity contribution in [1.82, 2.24) is 19.2 Å². The quantitative estimate of drug-likeness (QED) is 0.531. The maximum Gasteiger partial charge on any atom is 0.296 e. The summed E-state index contributed by atoms with van der Waals surface area (Å²) in [5.41, 5.74) is 3.34. The number of benzene rings is 1. The number of Topliss-reactive ketones (excluding diaryl/α,β-unsaturated/α-hetero) is 1. The molecule has 0 N–H and O–H groups in total. The second-order valence-electron chi connectivity index (χ2n) is 6.07. The number of ketones is 1. The van der Waals surface area contributed by atoms with Crippen molar-refractivity contribution in [3.8, 4) is 5.69 Å². The van der Waals surface area contributed by atoms with Crippen LogP contribution in [0.4, 0.5) is 0 Å². The van der Waals surface area contributed by atoms with E-state index >= 15 is 0 Å². The molecule has 0 aliphatic heterocycles. The second-order valence-corrected chi connectivity index (χ2v) is 6.07. The summed E-state index contributed by atoms with van der Waals surface area (Å²) in [7, 11) is 3.36. The van der Waals surface area contributed by atoms with E-state index in [1.807, 2.05) is 37.4 Å². The highest BCUT2D eigenvalue weighted by Crippen LogP contribution is 2.14. The van der Waals surface area contributed by atoms with Crippen LogP contribution in [0.2, 0.25) is 0 Å². The summed E-state index contributed by atoms with van der Waals surface area (Å²) in [6.07, 6.45) is 5.33. The molecule has 0 unspecified atom stereocenters. The maximum absolute atomic E-state index is 12.4. The summed E-state index contributed by atoms with van der Waals surface area (Å²) in [6, 6.07) is 11.3. The summed E-state index contributed by atoms with van der Waals surface area (Å²) in [5, 5.41) is 4.36. The van der Waals surface area contributed by atoms with Crippen molar-refractivity contribution in [1.29, 1.82) is 0 Å². The van der Waals surface area contributed by atoms with E-state index in [0.717, 1.165) is 16.8 Å². The highest BCUT2D eigenvalue weighted by molar-refractivity contribution is 6.42. The molecular weight excluding hydrogens is 316 g/mol. The van der Waals surface area contributed by atoms with Crippen molar-refractivity contribution in [2.24, 2.45) is 7.05 Å². The summed E-state index contributed by atoms with van der Waals surface area (Å²) in [4.78, 5) is 26.1. The molecular formula is C19H20N4O2. The molecule has 0 spiro atoms. The number of aromatic nitrogens is 3. The van der Waals surface area contributed by atoms with Crippen LogP contribution in [0.25, 0.3) is 5.69 Å². The SMILES string of the molecule is Cc1ccccc1-n1cc(CN(C)C(=O)C(=O)c2cccn2C)cn1. The minimum atomic E-state index is -0.537. The molecule has 1 aromatic carbocycles. The topological polar surface area (TPSA) is 60.1 Å². The average Bonchev–Trinajstić information content (AvgIpc) is 3.23. The van der Waals surface area contributed by atoms with Gasteiger partial charge in [-0.2, -0.15) is 5.10 Å². The van der Waals surface area contributed by atoms with Gasteiger partial charge in [0, 0.05) is 38.6 Å². The minimum Gasteiger partial charge on any atom is -0.348 e. The van der Waals surface area contributed by atoms with Crippen molar-refractivity contribution in [3.63, 3.8) is 0 Å². The predicted molar refractivity (Wildman–Crippen MR) is 94.5 cm³/mol. The lowest BCUT2D eigenvalue weighted by molar-refractivity contribution is -0.125. The Balaban J connectivity index is 1.72. The Hall–Kier alpha value is -3.15. The third-order valence-corrected chi connectivity index (χ3v) is 4.14. The Morgan fingerprint density at radius 1 is 1.16 bits per heavy atom. The second kappa shape index (κ2) is 6.76. The van der Waals surface area contributed by atoms with Gasteiger partial charge in [-0.3, -0.25) is 9.59 Å². The van der Waals surface area contributed by atoms with E-state index in [9.17, 15) is 9.59 Å². The van der Waals surface area contributed by atoms with Crippen LogP contribution in [0.3, 0.4) is 0 Å². The third kappa shape index (κ3) is 3.38.